The average molecular weight is 593 g/mol. The van der Waals surface area contributed by atoms with E-state index in [4.69, 9.17) is 5.11 Å². The fourth-order valence-electron chi connectivity index (χ4n) is 3.74. The fraction of sp³-hybridized carbons (Fsp3) is 0.214. The number of aromatic nitrogens is 4. The zero-order chi connectivity index (χ0) is 31.7. The van der Waals surface area contributed by atoms with E-state index >= 15 is 0 Å². The number of hydrogen-bond acceptors (Lipinski definition) is 9. The van der Waals surface area contributed by atoms with E-state index in [1.54, 1.807) is 43.3 Å². The third-order valence-electron chi connectivity index (χ3n) is 5.79. The summed E-state index contributed by atoms with van der Waals surface area (Å²) in [7, 11) is 0. The lowest BCUT2D eigenvalue weighted by Crippen LogP contribution is -2.25. The van der Waals surface area contributed by atoms with E-state index in [0.29, 0.717) is 11.1 Å². The molecule has 43 heavy (non-hydrogen) atoms. The van der Waals surface area contributed by atoms with Crippen molar-refractivity contribution in [2.45, 2.75) is 40.0 Å². The number of rotatable bonds is 6. The van der Waals surface area contributed by atoms with E-state index in [-0.39, 0.29) is 53.7 Å². The molecule has 1 unspecified atom stereocenters. The third kappa shape index (κ3) is 8.71. The minimum absolute atomic E-state index is 0.0382. The second kappa shape index (κ2) is 14.4. The molecule has 6 N–H and O–H groups in total. The summed E-state index contributed by atoms with van der Waals surface area (Å²) in [6.07, 6.45) is 1.26. The number of carbonyl (C=O) groups is 5. The summed E-state index contributed by atoms with van der Waals surface area (Å²) in [6, 6.07) is 11.7. The Morgan fingerprint density at radius 2 is 1.72 bits per heavy atom. The number of nitrogens with zero attached hydrogens (tertiary/aromatic N) is 4. The molecular formula is C28H29FN8O6. The largest absolute Gasteiger partial charge is 0.392 e. The van der Waals surface area contributed by atoms with Gasteiger partial charge in [0.2, 0.25) is 5.91 Å². The van der Waals surface area contributed by atoms with Gasteiger partial charge < -0.3 is 21.5 Å². The molecule has 2 aromatic heterocycles. The number of carbonyl (C=O) groups excluding carboxylic acids is 5. The minimum atomic E-state index is -0.620. The number of aliphatic hydroxyl groups excluding tert-OH is 1. The Balaban J connectivity index is 0.000000227. The Morgan fingerprint density at radius 1 is 1.07 bits per heavy atom. The molecule has 0 saturated carbocycles. The second-order valence-corrected chi connectivity index (χ2v) is 9.23. The van der Waals surface area contributed by atoms with Crippen LogP contribution in [-0.4, -0.2) is 54.2 Å². The van der Waals surface area contributed by atoms with Crippen molar-refractivity contribution in [2.75, 3.05) is 0 Å². The molecule has 4 aromatic rings. The van der Waals surface area contributed by atoms with Crippen molar-refractivity contribution < 1.29 is 33.5 Å². The number of nitrogens with one attached hydrogen (secondary N) is 3. The minimum Gasteiger partial charge on any atom is -0.392 e. The molecule has 0 aliphatic carbocycles. The number of primary amides is 1. The summed E-state index contributed by atoms with van der Waals surface area (Å²) in [5.74, 6) is -1.52. The van der Waals surface area contributed by atoms with Crippen LogP contribution in [0.1, 0.15) is 63.1 Å². The second-order valence-electron chi connectivity index (χ2n) is 9.23. The lowest BCUT2D eigenvalue weighted by Gasteiger charge is -2.07. The monoisotopic (exact) mass is 592 g/mol. The fourth-order valence-corrected chi connectivity index (χ4v) is 3.74. The highest BCUT2D eigenvalue weighted by molar-refractivity contribution is 6.04. The Morgan fingerprint density at radius 3 is 2.28 bits per heavy atom. The zero-order valence-corrected chi connectivity index (χ0v) is 23.4. The highest BCUT2D eigenvalue weighted by atomic mass is 19.1. The normalized spacial score (nSPS) is 13.6. The van der Waals surface area contributed by atoms with E-state index in [1.165, 1.54) is 36.8 Å². The summed E-state index contributed by atoms with van der Waals surface area (Å²) in [5.41, 5.74) is 7.50. The van der Waals surface area contributed by atoms with Crippen molar-refractivity contribution in [2.24, 2.45) is 5.73 Å². The SMILES string of the molecule is CC(=O)c1cc(C(=O)NCc2ccc(F)c(C)c2)nc2ncnn12.CC(N)=O.O=C1NC(=O)C(c2ccc(CO)cc2)N1. The van der Waals surface area contributed by atoms with E-state index in [0.717, 1.165) is 11.1 Å². The number of fused-ring (bicyclic) bond motifs is 1. The quantitative estimate of drug-likeness (QED) is 0.161. The molecule has 1 aliphatic heterocycles. The molecule has 5 amide bonds. The Hall–Kier alpha value is -5.57. The smallest absolute Gasteiger partial charge is 0.322 e. The van der Waals surface area contributed by atoms with Crippen molar-refractivity contribution in [1.82, 2.24) is 35.5 Å². The molecule has 224 valence electrons. The zero-order valence-electron chi connectivity index (χ0n) is 23.4. The van der Waals surface area contributed by atoms with Crippen molar-refractivity contribution in [3.05, 3.63) is 94.3 Å². The van der Waals surface area contributed by atoms with Crippen LogP contribution in [0.3, 0.4) is 0 Å². The highest BCUT2D eigenvalue weighted by Gasteiger charge is 2.30. The van der Waals surface area contributed by atoms with Crippen LogP contribution in [0.15, 0.2) is 54.9 Å². The number of amides is 5. The number of halogens is 1. The Kier molecular flexibility index (Phi) is 10.7. The molecule has 5 rings (SSSR count). The molecular weight excluding hydrogens is 563 g/mol. The van der Waals surface area contributed by atoms with Crippen molar-refractivity contribution in [1.29, 1.82) is 0 Å². The number of aryl methyl sites for hydroxylation is 1. The van der Waals surface area contributed by atoms with Gasteiger partial charge in [-0.1, -0.05) is 36.4 Å². The molecule has 2 aromatic carbocycles. The average Bonchev–Trinajstić information content (AvgIpc) is 3.58. The van der Waals surface area contributed by atoms with Gasteiger partial charge in [-0.3, -0.25) is 24.5 Å². The number of benzene rings is 2. The van der Waals surface area contributed by atoms with Gasteiger partial charge in [0, 0.05) is 20.4 Å². The van der Waals surface area contributed by atoms with Gasteiger partial charge in [0.1, 0.15) is 29.6 Å². The Bertz CT molecular complexity index is 1670. The van der Waals surface area contributed by atoms with E-state index < -0.39 is 18.0 Å². The highest BCUT2D eigenvalue weighted by Crippen LogP contribution is 2.17. The van der Waals surface area contributed by atoms with Crippen LogP contribution in [0.4, 0.5) is 9.18 Å². The molecule has 1 saturated heterocycles. The number of nitrogens with two attached hydrogens (primary N) is 1. The molecule has 0 bridgehead atoms. The molecule has 1 atom stereocenters. The summed E-state index contributed by atoms with van der Waals surface area (Å²) >= 11 is 0. The molecule has 3 heterocycles. The van der Waals surface area contributed by atoms with Gasteiger partial charge in [0.25, 0.3) is 17.6 Å². The maximum Gasteiger partial charge on any atom is 0.322 e. The number of ketones is 1. The van der Waals surface area contributed by atoms with Crippen molar-refractivity contribution in [3.8, 4) is 0 Å². The summed E-state index contributed by atoms with van der Waals surface area (Å²) < 4.78 is 14.5. The van der Waals surface area contributed by atoms with Gasteiger partial charge in [0.15, 0.2) is 5.78 Å². The lowest BCUT2D eigenvalue weighted by atomic mass is 10.1. The maximum atomic E-state index is 13.3. The van der Waals surface area contributed by atoms with Gasteiger partial charge in [-0.05, 0) is 41.3 Å². The molecule has 0 spiro atoms. The predicted octanol–water partition coefficient (Wildman–Crippen LogP) is 1.26. The number of hydrogen-bond donors (Lipinski definition) is 5. The molecule has 0 radical (unpaired) electrons. The number of urea groups is 1. The maximum absolute atomic E-state index is 13.3. The standard InChI is InChI=1S/C16H14FN5O2.C10H10N2O3.C2H5NO/c1-9-5-11(3-4-12(9)17)7-18-15(24)13-6-14(10(2)23)22-16(21-13)19-8-20-22;13-5-6-1-3-7(4-2-6)8-9(14)12-10(15)11-8;1-2(3)4/h3-6,8H,7H2,1-2H3,(H,18,24);1-4,8,13H,5H2,(H2,11,12,14,15);1H3,(H2,3,4). The molecule has 14 nitrogen and oxygen atoms in total. The summed E-state index contributed by atoms with van der Waals surface area (Å²) in [4.78, 5) is 63.4. The number of imide groups is 1. The van der Waals surface area contributed by atoms with Crippen LogP contribution in [0.25, 0.3) is 5.78 Å². The van der Waals surface area contributed by atoms with Gasteiger partial charge in [-0.25, -0.2) is 14.2 Å². The third-order valence-corrected chi connectivity index (χ3v) is 5.79. The van der Waals surface area contributed by atoms with Gasteiger partial charge in [0.05, 0.1) is 6.61 Å². The molecule has 15 heteroatoms. The first-order valence-corrected chi connectivity index (χ1v) is 12.7. The first kappa shape index (κ1) is 32.0. The topological polar surface area (TPSA) is 211 Å². The van der Waals surface area contributed by atoms with Crippen LogP contribution < -0.4 is 21.7 Å². The van der Waals surface area contributed by atoms with Gasteiger partial charge in [-0.15, -0.1) is 0 Å². The van der Waals surface area contributed by atoms with E-state index in [1.807, 2.05) is 0 Å². The van der Waals surface area contributed by atoms with Crippen LogP contribution in [0.5, 0.6) is 0 Å². The van der Waals surface area contributed by atoms with Crippen LogP contribution in [-0.2, 0) is 22.7 Å². The number of Topliss-reactive ketones (excluding diaryl/α,β-unsaturated/α-hetero) is 1. The summed E-state index contributed by atoms with van der Waals surface area (Å²) in [5, 5.41) is 20.1. The Labute approximate surface area is 244 Å². The van der Waals surface area contributed by atoms with Gasteiger partial charge >= 0.3 is 6.03 Å². The van der Waals surface area contributed by atoms with Crippen LogP contribution in [0.2, 0.25) is 0 Å². The number of aliphatic hydroxyl groups is 1. The van der Waals surface area contributed by atoms with E-state index in [2.05, 4.69) is 36.8 Å². The van der Waals surface area contributed by atoms with E-state index in [9.17, 15) is 28.4 Å². The predicted molar refractivity (Wildman–Crippen MR) is 150 cm³/mol. The van der Waals surface area contributed by atoms with Crippen LogP contribution >= 0.6 is 0 Å². The first-order valence-electron chi connectivity index (χ1n) is 12.7. The summed E-state index contributed by atoms with van der Waals surface area (Å²) in [6.45, 7) is 4.51. The molecule has 1 aliphatic rings. The van der Waals surface area contributed by atoms with Gasteiger partial charge in [-0.2, -0.15) is 14.6 Å². The van der Waals surface area contributed by atoms with Crippen molar-refractivity contribution >= 4 is 35.3 Å². The first-order chi connectivity index (χ1) is 20.4. The van der Waals surface area contributed by atoms with Crippen LogP contribution in [0, 0.1) is 12.7 Å². The lowest BCUT2D eigenvalue weighted by molar-refractivity contribution is -0.120. The molecule has 1 fully saturated rings. The van der Waals surface area contributed by atoms with Crippen molar-refractivity contribution in [3.63, 3.8) is 0 Å².